The first-order chi connectivity index (χ1) is 15.2. The van der Waals surface area contributed by atoms with Gasteiger partial charge >= 0.3 is 5.97 Å². The van der Waals surface area contributed by atoms with Crippen molar-refractivity contribution in [2.75, 3.05) is 0 Å². The van der Waals surface area contributed by atoms with Crippen molar-refractivity contribution in [3.8, 4) is 17.6 Å². The SMILES string of the molecule is CCCCCC1CCC(C#Cc2ccc(OC(=O)C3CCC(CCC)CC3)cc2)CC1. The molecular formula is C29H42O2. The molecule has 2 aliphatic carbocycles. The smallest absolute Gasteiger partial charge is 0.314 e. The van der Waals surface area contributed by atoms with Crippen LogP contribution in [0, 0.1) is 35.5 Å². The van der Waals surface area contributed by atoms with Crippen molar-refractivity contribution in [1.82, 2.24) is 0 Å². The molecule has 31 heavy (non-hydrogen) atoms. The van der Waals surface area contributed by atoms with E-state index in [2.05, 4.69) is 25.7 Å². The van der Waals surface area contributed by atoms with Gasteiger partial charge in [0.15, 0.2) is 0 Å². The topological polar surface area (TPSA) is 26.3 Å². The Balaban J connectivity index is 1.40. The van der Waals surface area contributed by atoms with Gasteiger partial charge in [0.1, 0.15) is 5.75 Å². The van der Waals surface area contributed by atoms with E-state index >= 15 is 0 Å². The molecule has 0 amide bonds. The molecule has 2 saturated carbocycles. The average molecular weight is 423 g/mol. The molecule has 0 aliphatic heterocycles. The Hall–Kier alpha value is -1.75. The summed E-state index contributed by atoms with van der Waals surface area (Å²) < 4.78 is 5.66. The Labute approximate surface area is 190 Å². The van der Waals surface area contributed by atoms with Gasteiger partial charge in [0.05, 0.1) is 5.92 Å². The van der Waals surface area contributed by atoms with Gasteiger partial charge in [-0.3, -0.25) is 4.79 Å². The van der Waals surface area contributed by atoms with Crippen molar-refractivity contribution in [2.45, 2.75) is 104 Å². The predicted molar refractivity (Wildman–Crippen MR) is 129 cm³/mol. The van der Waals surface area contributed by atoms with E-state index in [9.17, 15) is 4.79 Å². The van der Waals surface area contributed by atoms with Gasteiger partial charge in [0, 0.05) is 11.5 Å². The van der Waals surface area contributed by atoms with Gasteiger partial charge in [-0.05, 0) is 87.5 Å². The maximum absolute atomic E-state index is 12.5. The molecule has 0 radical (unpaired) electrons. The molecule has 170 valence electrons. The third-order valence-electron chi connectivity index (χ3n) is 7.43. The number of carbonyl (C=O) groups excluding carboxylic acids is 1. The molecule has 2 fully saturated rings. The zero-order chi connectivity index (χ0) is 21.9. The van der Waals surface area contributed by atoms with Crippen LogP contribution in [0.3, 0.4) is 0 Å². The van der Waals surface area contributed by atoms with Gasteiger partial charge in [-0.25, -0.2) is 0 Å². The zero-order valence-corrected chi connectivity index (χ0v) is 19.8. The second-order valence-corrected chi connectivity index (χ2v) is 9.93. The quantitative estimate of drug-likeness (QED) is 0.184. The lowest BCUT2D eigenvalue weighted by atomic mass is 9.80. The number of ether oxygens (including phenoxy) is 1. The van der Waals surface area contributed by atoms with Crippen molar-refractivity contribution < 1.29 is 9.53 Å². The van der Waals surface area contributed by atoms with Crippen LogP contribution in [0.15, 0.2) is 24.3 Å². The lowest BCUT2D eigenvalue weighted by Gasteiger charge is -2.26. The van der Waals surface area contributed by atoms with Gasteiger partial charge in [0.2, 0.25) is 0 Å². The van der Waals surface area contributed by atoms with Gasteiger partial charge in [-0.1, -0.05) is 64.2 Å². The van der Waals surface area contributed by atoms with Crippen LogP contribution < -0.4 is 4.74 Å². The fraction of sp³-hybridized carbons (Fsp3) is 0.690. The summed E-state index contributed by atoms with van der Waals surface area (Å²) in [5, 5.41) is 0. The Bertz CT molecular complexity index is 707. The number of hydrogen-bond donors (Lipinski definition) is 0. The lowest BCUT2D eigenvalue weighted by molar-refractivity contribution is -0.140. The number of hydrogen-bond acceptors (Lipinski definition) is 2. The summed E-state index contributed by atoms with van der Waals surface area (Å²) in [5.41, 5.74) is 1.02. The first-order valence-electron chi connectivity index (χ1n) is 13.0. The summed E-state index contributed by atoms with van der Waals surface area (Å²) >= 11 is 0. The minimum atomic E-state index is -0.0514. The third-order valence-corrected chi connectivity index (χ3v) is 7.43. The normalized spacial score (nSPS) is 26.0. The van der Waals surface area contributed by atoms with Crippen LogP contribution in [0.2, 0.25) is 0 Å². The number of rotatable bonds is 8. The Morgan fingerprint density at radius 3 is 2.13 bits per heavy atom. The first-order valence-corrected chi connectivity index (χ1v) is 13.0. The lowest BCUT2D eigenvalue weighted by Crippen LogP contribution is -2.25. The van der Waals surface area contributed by atoms with Gasteiger partial charge in [0.25, 0.3) is 0 Å². The number of esters is 1. The highest BCUT2D eigenvalue weighted by Crippen LogP contribution is 2.33. The summed E-state index contributed by atoms with van der Waals surface area (Å²) in [5.74, 6) is 9.80. The second kappa shape index (κ2) is 12.9. The molecule has 2 nitrogen and oxygen atoms in total. The van der Waals surface area contributed by atoms with E-state index in [1.807, 2.05) is 24.3 Å². The Morgan fingerprint density at radius 2 is 1.48 bits per heavy atom. The van der Waals surface area contributed by atoms with Crippen molar-refractivity contribution in [2.24, 2.45) is 23.7 Å². The molecular weight excluding hydrogens is 380 g/mol. The highest BCUT2D eigenvalue weighted by atomic mass is 16.5. The Kier molecular flexibility index (Phi) is 9.98. The minimum absolute atomic E-state index is 0.0514. The average Bonchev–Trinajstić information content (AvgIpc) is 2.80. The van der Waals surface area contributed by atoms with Crippen LogP contribution in [0.5, 0.6) is 5.75 Å². The molecule has 0 saturated heterocycles. The largest absolute Gasteiger partial charge is 0.426 e. The summed E-state index contributed by atoms with van der Waals surface area (Å²) in [6, 6.07) is 7.78. The predicted octanol–water partition coefficient (Wildman–Crippen LogP) is 7.94. The molecule has 2 heteroatoms. The summed E-state index contributed by atoms with van der Waals surface area (Å²) in [6.45, 7) is 4.52. The number of unbranched alkanes of at least 4 members (excludes halogenated alkanes) is 2. The van der Waals surface area contributed by atoms with Crippen LogP contribution in [0.25, 0.3) is 0 Å². The number of carbonyl (C=O) groups is 1. The Morgan fingerprint density at radius 1 is 0.839 bits per heavy atom. The highest BCUT2D eigenvalue weighted by Gasteiger charge is 2.27. The van der Waals surface area contributed by atoms with Crippen LogP contribution in [0.1, 0.15) is 109 Å². The molecule has 0 heterocycles. The number of benzene rings is 1. The van der Waals surface area contributed by atoms with E-state index in [4.69, 9.17) is 4.74 Å². The standard InChI is InChI=1S/C29H42O2/c1-3-5-6-8-24-9-11-25(12-10-24)13-14-26-17-21-28(22-18-26)31-29(30)27-19-15-23(7-4-2)16-20-27/h17-18,21-25,27H,3-12,15-16,19-20H2,1-2H3. The van der Waals surface area contributed by atoms with E-state index in [0.29, 0.717) is 11.7 Å². The molecule has 1 aromatic rings. The van der Waals surface area contributed by atoms with Gasteiger partial charge in [-0.15, -0.1) is 0 Å². The molecule has 1 aromatic carbocycles. The van der Waals surface area contributed by atoms with Crippen molar-refractivity contribution >= 4 is 5.97 Å². The highest BCUT2D eigenvalue weighted by molar-refractivity contribution is 5.75. The summed E-state index contributed by atoms with van der Waals surface area (Å²) in [7, 11) is 0. The minimum Gasteiger partial charge on any atom is -0.426 e. The van der Waals surface area contributed by atoms with Crippen LogP contribution in [0.4, 0.5) is 0 Å². The molecule has 0 bridgehead atoms. The monoisotopic (exact) mass is 422 g/mol. The molecule has 0 aromatic heterocycles. The molecule has 0 atom stereocenters. The van der Waals surface area contributed by atoms with Crippen molar-refractivity contribution in [1.29, 1.82) is 0 Å². The molecule has 0 spiro atoms. The summed E-state index contributed by atoms with van der Waals surface area (Å²) in [6.07, 6.45) is 17.5. The van der Waals surface area contributed by atoms with Crippen LogP contribution in [-0.2, 0) is 4.79 Å². The van der Waals surface area contributed by atoms with Crippen LogP contribution in [-0.4, -0.2) is 5.97 Å². The summed E-state index contributed by atoms with van der Waals surface area (Å²) in [4.78, 5) is 12.5. The van der Waals surface area contributed by atoms with Gasteiger partial charge < -0.3 is 4.74 Å². The first kappa shape index (κ1) is 23.9. The van der Waals surface area contributed by atoms with E-state index in [1.165, 1.54) is 77.0 Å². The fourth-order valence-electron chi connectivity index (χ4n) is 5.36. The maximum atomic E-state index is 12.5. The van der Waals surface area contributed by atoms with E-state index in [-0.39, 0.29) is 11.9 Å². The van der Waals surface area contributed by atoms with Crippen molar-refractivity contribution in [3.05, 3.63) is 29.8 Å². The van der Waals surface area contributed by atoms with E-state index < -0.39 is 0 Å². The van der Waals surface area contributed by atoms with E-state index in [1.54, 1.807) is 0 Å². The van der Waals surface area contributed by atoms with Crippen LogP contribution >= 0.6 is 0 Å². The molecule has 0 unspecified atom stereocenters. The fourth-order valence-corrected chi connectivity index (χ4v) is 5.36. The van der Waals surface area contributed by atoms with Gasteiger partial charge in [-0.2, -0.15) is 0 Å². The second-order valence-electron chi connectivity index (χ2n) is 9.93. The zero-order valence-electron chi connectivity index (χ0n) is 19.8. The third kappa shape index (κ3) is 8.03. The molecule has 0 N–H and O–H groups in total. The molecule has 2 aliphatic rings. The maximum Gasteiger partial charge on any atom is 0.314 e. The molecule has 3 rings (SSSR count). The van der Waals surface area contributed by atoms with Crippen molar-refractivity contribution in [3.63, 3.8) is 0 Å². The van der Waals surface area contributed by atoms with E-state index in [0.717, 1.165) is 30.2 Å².